The van der Waals surface area contributed by atoms with E-state index in [1.807, 2.05) is 0 Å². The molecule has 2 aromatic rings. The van der Waals surface area contributed by atoms with Crippen molar-refractivity contribution < 1.29 is 0 Å². The van der Waals surface area contributed by atoms with Crippen LogP contribution in [0.5, 0.6) is 0 Å². The summed E-state index contributed by atoms with van der Waals surface area (Å²) in [6.45, 7) is 1.24. The molecule has 0 radical (unpaired) electrons. The summed E-state index contributed by atoms with van der Waals surface area (Å²) in [5.74, 6) is 0. The third kappa shape index (κ3) is 2.11. The average Bonchev–Trinajstić information content (AvgIpc) is 3.02. The van der Waals surface area contributed by atoms with Crippen LogP contribution in [0.2, 0.25) is 0 Å². The highest BCUT2D eigenvalue weighted by atomic mass is 15.3. The minimum atomic E-state index is 0.292. The molecule has 2 heterocycles. The maximum Gasteiger partial charge on any atom is 0.0467 e. The van der Waals surface area contributed by atoms with Crippen LogP contribution in [0.4, 0.5) is 0 Å². The molecule has 2 saturated heterocycles. The number of benzene rings is 2. The zero-order valence-electron chi connectivity index (χ0n) is 12.5. The molecule has 0 bridgehead atoms. The van der Waals surface area contributed by atoms with Gasteiger partial charge in [-0.1, -0.05) is 60.7 Å². The number of nitrogens with zero attached hydrogens (tertiary/aromatic N) is 1. The van der Waals surface area contributed by atoms with Gasteiger partial charge in [0.1, 0.15) is 0 Å². The number of rotatable bonds is 2. The Labute approximate surface area is 127 Å². The van der Waals surface area contributed by atoms with Gasteiger partial charge in [0.15, 0.2) is 0 Å². The Bertz CT molecular complexity index is 592. The highest BCUT2D eigenvalue weighted by molar-refractivity contribution is 5.30. The maximum atomic E-state index is 2.81. The van der Waals surface area contributed by atoms with Gasteiger partial charge in [-0.2, -0.15) is 0 Å². The Morgan fingerprint density at radius 1 is 0.810 bits per heavy atom. The molecule has 0 aliphatic carbocycles. The number of hydrogen-bond acceptors (Lipinski definition) is 1. The first-order valence-corrected chi connectivity index (χ1v) is 8.27. The second-order valence-corrected chi connectivity index (χ2v) is 6.51. The summed E-state index contributed by atoms with van der Waals surface area (Å²) in [6, 6.07) is 22.9. The van der Waals surface area contributed by atoms with E-state index in [0.29, 0.717) is 11.6 Å². The Morgan fingerprint density at radius 2 is 1.48 bits per heavy atom. The predicted octanol–water partition coefficient (Wildman–Crippen LogP) is 4.90. The van der Waals surface area contributed by atoms with Crippen molar-refractivity contribution in [3.05, 3.63) is 71.8 Å². The fourth-order valence-electron chi connectivity index (χ4n) is 4.59. The molecule has 2 aliphatic rings. The molecule has 2 aliphatic heterocycles. The summed E-state index contributed by atoms with van der Waals surface area (Å²) in [5.41, 5.74) is 3.32. The minimum absolute atomic E-state index is 0.292. The van der Waals surface area contributed by atoms with E-state index in [-0.39, 0.29) is 0 Å². The molecule has 0 aromatic heterocycles. The Morgan fingerprint density at radius 3 is 2.24 bits per heavy atom. The Balaban J connectivity index is 1.75. The fourth-order valence-corrected chi connectivity index (χ4v) is 4.59. The molecule has 0 saturated carbocycles. The van der Waals surface area contributed by atoms with Crippen molar-refractivity contribution in [2.75, 3.05) is 6.54 Å². The van der Waals surface area contributed by atoms with Crippen molar-refractivity contribution in [1.82, 2.24) is 4.90 Å². The zero-order chi connectivity index (χ0) is 14.1. The summed E-state index contributed by atoms with van der Waals surface area (Å²) in [4.78, 5) is 2.81. The van der Waals surface area contributed by atoms with E-state index in [0.717, 1.165) is 0 Å². The van der Waals surface area contributed by atoms with E-state index in [4.69, 9.17) is 0 Å². The lowest BCUT2D eigenvalue weighted by Gasteiger charge is -2.48. The van der Waals surface area contributed by atoms with Gasteiger partial charge in [-0.15, -0.1) is 0 Å². The molecular weight excluding hydrogens is 254 g/mol. The molecule has 0 N–H and O–H groups in total. The number of piperidine rings is 1. The quantitative estimate of drug-likeness (QED) is 0.754. The van der Waals surface area contributed by atoms with Crippen LogP contribution in [0.3, 0.4) is 0 Å². The summed E-state index contributed by atoms with van der Waals surface area (Å²) >= 11 is 0. The summed E-state index contributed by atoms with van der Waals surface area (Å²) in [6.07, 6.45) is 6.61. The molecule has 0 amide bonds. The van der Waals surface area contributed by atoms with Gasteiger partial charge in [0, 0.05) is 11.6 Å². The number of hydrogen-bond donors (Lipinski definition) is 0. The van der Waals surface area contributed by atoms with E-state index in [1.165, 1.54) is 49.8 Å². The van der Waals surface area contributed by atoms with Gasteiger partial charge in [-0.25, -0.2) is 0 Å². The van der Waals surface area contributed by atoms with Gasteiger partial charge < -0.3 is 0 Å². The lowest BCUT2D eigenvalue weighted by Crippen LogP contribution is -2.46. The van der Waals surface area contributed by atoms with Crippen LogP contribution in [0, 0.1) is 0 Å². The van der Waals surface area contributed by atoms with E-state index >= 15 is 0 Å². The van der Waals surface area contributed by atoms with Gasteiger partial charge in [0.2, 0.25) is 0 Å². The summed E-state index contributed by atoms with van der Waals surface area (Å²) in [7, 11) is 0. The van der Waals surface area contributed by atoms with Crippen LogP contribution in [0.25, 0.3) is 0 Å². The summed E-state index contributed by atoms with van der Waals surface area (Å²) in [5, 5.41) is 0. The van der Waals surface area contributed by atoms with E-state index < -0.39 is 0 Å². The number of fused-ring (bicyclic) bond motifs is 1. The Hall–Kier alpha value is -1.60. The topological polar surface area (TPSA) is 3.24 Å². The molecule has 21 heavy (non-hydrogen) atoms. The molecule has 0 spiro atoms. The van der Waals surface area contributed by atoms with Crippen molar-refractivity contribution in [1.29, 1.82) is 0 Å². The van der Waals surface area contributed by atoms with Crippen LogP contribution >= 0.6 is 0 Å². The molecule has 108 valence electrons. The maximum absolute atomic E-state index is 2.81. The van der Waals surface area contributed by atoms with Gasteiger partial charge in [-0.05, 0) is 49.8 Å². The first kappa shape index (κ1) is 13.1. The van der Waals surface area contributed by atoms with E-state index in [9.17, 15) is 0 Å². The van der Waals surface area contributed by atoms with Crippen molar-refractivity contribution in [3.8, 4) is 0 Å². The fraction of sp³-hybridized carbons (Fsp3) is 0.400. The highest BCUT2D eigenvalue weighted by Crippen LogP contribution is 2.51. The third-order valence-electron chi connectivity index (χ3n) is 5.48. The monoisotopic (exact) mass is 277 g/mol. The molecule has 1 nitrogen and oxygen atoms in total. The van der Waals surface area contributed by atoms with Gasteiger partial charge in [-0.3, -0.25) is 4.90 Å². The van der Waals surface area contributed by atoms with Gasteiger partial charge in [0.05, 0.1) is 0 Å². The SMILES string of the molecule is c1ccc([C@H]2CCC[C@]3(c4ccccc4)CCCN23)cc1. The first-order valence-electron chi connectivity index (χ1n) is 8.27. The first-order chi connectivity index (χ1) is 10.4. The average molecular weight is 277 g/mol. The van der Waals surface area contributed by atoms with Crippen LogP contribution in [0.15, 0.2) is 60.7 Å². The molecule has 1 heteroatoms. The Kier molecular flexibility index (Phi) is 3.31. The van der Waals surface area contributed by atoms with Crippen LogP contribution in [-0.2, 0) is 5.54 Å². The van der Waals surface area contributed by atoms with Crippen LogP contribution in [-0.4, -0.2) is 11.4 Å². The summed E-state index contributed by atoms with van der Waals surface area (Å²) < 4.78 is 0. The zero-order valence-corrected chi connectivity index (χ0v) is 12.5. The van der Waals surface area contributed by atoms with Gasteiger partial charge in [0.25, 0.3) is 0 Å². The lowest BCUT2D eigenvalue weighted by molar-refractivity contribution is 0.0327. The normalized spacial score (nSPS) is 29.2. The smallest absolute Gasteiger partial charge is 0.0467 e. The van der Waals surface area contributed by atoms with Crippen molar-refractivity contribution in [2.24, 2.45) is 0 Å². The molecule has 2 aromatic carbocycles. The van der Waals surface area contributed by atoms with Gasteiger partial charge >= 0.3 is 0 Å². The van der Waals surface area contributed by atoms with E-state index in [2.05, 4.69) is 65.6 Å². The predicted molar refractivity (Wildman–Crippen MR) is 87.1 cm³/mol. The third-order valence-corrected chi connectivity index (χ3v) is 5.48. The second kappa shape index (κ2) is 5.31. The van der Waals surface area contributed by atoms with Crippen LogP contribution < -0.4 is 0 Å². The van der Waals surface area contributed by atoms with Crippen molar-refractivity contribution in [3.63, 3.8) is 0 Å². The van der Waals surface area contributed by atoms with E-state index in [1.54, 1.807) is 0 Å². The van der Waals surface area contributed by atoms with Crippen molar-refractivity contribution in [2.45, 2.75) is 43.7 Å². The molecule has 0 unspecified atom stereocenters. The van der Waals surface area contributed by atoms with Crippen LogP contribution in [0.1, 0.15) is 49.3 Å². The van der Waals surface area contributed by atoms with Crippen molar-refractivity contribution >= 4 is 0 Å². The standard InChI is InChI=1S/C20H23N/c1-3-9-17(10-4-1)19-13-7-14-20(15-8-16-21(19)20)18-11-5-2-6-12-18/h1-6,9-12,19H,7-8,13-16H2/t19-,20-/m1/s1. The molecule has 2 atom stereocenters. The molecule has 4 rings (SSSR count). The minimum Gasteiger partial charge on any atom is -0.287 e. The molecular formula is C20H23N. The second-order valence-electron chi connectivity index (χ2n) is 6.51. The highest BCUT2D eigenvalue weighted by Gasteiger charge is 2.47. The largest absolute Gasteiger partial charge is 0.287 e. The lowest BCUT2D eigenvalue weighted by atomic mass is 9.77. The molecule has 2 fully saturated rings.